The zero-order valence-corrected chi connectivity index (χ0v) is 14.3. The van der Waals surface area contributed by atoms with Crippen molar-refractivity contribution < 1.29 is 9.15 Å². The van der Waals surface area contributed by atoms with Gasteiger partial charge < -0.3 is 9.15 Å². The summed E-state index contributed by atoms with van der Waals surface area (Å²) in [6.07, 6.45) is 0. The van der Waals surface area contributed by atoms with Gasteiger partial charge >= 0.3 is 0 Å². The van der Waals surface area contributed by atoms with E-state index in [2.05, 4.69) is 20.9 Å². The second kappa shape index (κ2) is 5.87. The van der Waals surface area contributed by atoms with E-state index in [1.807, 2.05) is 54.6 Å². The quantitative estimate of drug-likeness (QED) is 0.405. The molecule has 2 heterocycles. The Bertz CT molecular complexity index is 1010. The van der Waals surface area contributed by atoms with Gasteiger partial charge in [-0.2, -0.15) is 0 Å². The normalized spacial score (nSPS) is 11.2. The van der Waals surface area contributed by atoms with Gasteiger partial charge in [0.15, 0.2) is 0 Å². The van der Waals surface area contributed by atoms with Crippen LogP contribution < -0.4 is 4.74 Å². The highest BCUT2D eigenvalue weighted by molar-refractivity contribution is 9.10. The molecule has 5 heteroatoms. The molecule has 0 fully saturated rings. The van der Waals surface area contributed by atoms with E-state index in [0.717, 1.165) is 32.1 Å². The first-order valence-corrected chi connectivity index (χ1v) is 8.23. The van der Waals surface area contributed by atoms with Gasteiger partial charge in [-0.15, -0.1) is 0 Å². The minimum Gasteiger partial charge on any atom is -0.473 e. The van der Waals surface area contributed by atoms with Crippen molar-refractivity contribution in [1.82, 2.24) is 4.98 Å². The zero-order valence-electron chi connectivity index (χ0n) is 11.9. The Morgan fingerprint density at radius 1 is 1.04 bits per heavy atom. The average molecular weight is 389 g/mol. The summed E-state index contributed by atoms with van der Waals surface area (Å²) in [5.74, 6) is 0.554. The minimum atomic E-state index is 0.358. The van der Waals surface area contributed by atoms with Crippen LogP contribution in [0.5, 0.6) is 5.88 Å². The number of fused-ring (bicyclic) bond motifs is 3. The van der Waals surface area contributed by atoms with Gasteiger partial charge in [-0.25, -0.2) is 4.98 Å². The molecule has 114 valence electrons. The lowest BCUT2D eigenvalue weighted by Gasteiger charge is -2.06. The molecule has 0 aliphatic rings. The van der Waals surface area contributed by atoms with E-state index in [9.17, 15) is 0 Å². The smallest absolute Gasteiger partial charge is 0.214 e. The summed E-state index contributed by atoms with van der Waals surface area (Å²) in [6.45, 7) is 0.358. The van der Waals surface area contributed by atoms with Gasteiger partial charge in [0.1, 0.15) is 22.4 Å². The summed E-state index contributed by atoms with van der Waals surface area (Å²) in [7, 11) is 0. The van der Waals surface area contributed by atoms with Gasteiger partial charge in [-0.3, -0.25) is 0 Å². The molecule has 0 aliphatic carbocycles. The van der Waals surface area contributed by atoms with Crippen LogP contribution in [0.25, 0.3) is 21.9 Å². The van der Waals surface area contributed by atoms with Crippen molar-refractivity contribution in [2.24, 2.45) is 0 Å². The standard InChI is InChI=1S/C18H11BrClNO2/c19-15-6-3-7-16(21-15)22-10-11-8-9-13(20)17-12-4-1-2-5-14(12)23-18(11)17/h1-9H,10H2. The fraction of sp³-hybridized carbons (Fsp3) is 0.0556. The topological polar surface area (TPSA) is 35.3 Å². The van der Waals surface area contributed by atoms with Crippen molar-refractivity contribution in [3.63, 3.8) is 0 Å². The molecule has 0 spiro atoms. The van der Waals surface area contributed by atoms with Crippen molar-refractivity contribution in [1.29, 1.82) is 0 Å². The van der Waals surface area contributed by atoms with E-state index in [1.165, 1.54) is 0 Å². The third-order valence-electron chi connectivity index (χ3n) is 3.62. The fourth-order valence-corrected chi connectivity index (χ4v) is 3.15. The molecule has 0 saturated heterocycles. The van der Waals surface area contributed by atoms with E-state index in [-0.39, 0.29) is 0 Å². The van der Waals surface area contributed by atoms with E-state index < -0.39 is 0 Å². The van der Waals surface area contributed by atoms with Gasteiger partial charge in [-0.05, 0) is 34.1 Å². The van der Waals surface area contributed by atoms with Crippen LogP contribution in [0.4, 0.5) is 0 Å². The molecule has 0 bridgehead atoms. The lowest BCUT2D eigenvalue weighted by atomic mass is 10.1. The molecule has 0 saturated carbocycles. The van der Waals surface area contributed by atoms with Crippen molar-refractivity contribution in [3.8, 4) is 5.88 Å². The van der Waals surface area contributed by atoms with Crippen LogP contribution in [0.2, 0.25) is 5.02 Å². The van der Waals surface area contributed by atoms with Gasteiger partial charge in [0.2, 0.25) is 5.88 Å². The number of nitrogens with zero attached hydrogens (tertiary/aromatic N) is 1. The molecule has 23 heavy (non-hydrogen) atoms. The Kier molecular flexibility index (Phi) is 3.71. The van der Waals surface area contributed by atoms with Crippen molar-refractivity contribution >= 4 is 49.5 Å². The molecule has 0 N–H and O–H groups in total. The number of aromatic nitrogens is 1. The Balaban J connectivity index is 1.77. The molecule has 0 unspecified atom stereocenters. The number of rotatable bonds is 3. The fourth-order valence-electron chi connectivity index (χ4n) is 2.58. The molecule has 2 aromatic heterocycles. The monoisotopic (exact) mass is 387 g/mol. The van der Waals surface area contributed by atoms with Gasteiger partial charge in [0, 0.05) is 22.4 Å². The van der Waals surface area contributed by atoms with Crippen LogP contribution in [-0.4, -0.2) is 4.98 Å². The number of hydrogen-bond donors (Lipinski definition) is 0. The number of pyridine rings is 1. The number of furan rings is 1. The number of ether oxygens (including phenoxy) is 1. The Hall–Kier alpha value is -2.04. The van der Waals surface area contributed by atoms with Gasteiger partial charge in [0.25, 0.3) is 0 Å². The van der Waals surface area contributed by atoms with Crippen LogP contribution in [0.15, 0.2) is 63.6 Å². The van der Waals surface area contributed by atoms with Crippen LogP contribution in [0, 0.1) is 0 Å². The lowest BCUT2D eigenvalue weighted by Crippen LogP contribution is -1.97. The molecular weight excluding hydrogens is 378 g/mol. The maximum atomic E-state index is 6.37. The van der Waals surface area contributed by atoms with Crippen molar-refractivity contribution in [2.45, 2.75) is 6.61 Å². The maximum Gasteiger partial charge on any atom is 0.214 e. The summed E-state index contributed by atoms with van der Waals surface area (Å²) in [4.78, 5) is 4.27. The zero-order chi connectivity index (χ0) is 15.8. The minimum absolute atomic E-state index is 0.358. The number of halogens is 2. The summed E-state index contributed by atoms with van der Waals surface area (Å²) in [5.41, 5.74) is 2.51. The summed E-state index contributed by atoms with van der Waals surface area (Å²) >= 11 is 9.70. The van der Waals surface area contributed by atoms with Crippen molar-refractivity contribution in [2.75, 3.05) is 0 Å². The van der Waals surface area contributed by atoms with E-state index >= 15 is 0 Å². The molecule has 3 nitrogen and oxygen atoms in total. The molecule has 0 aliphatic heterocycles. The largest absolute Gasteiger partial charge is 0.473 e. The maximum absolute atomic E-state index is 6.37. The van der Waals surface area contributed by atoms with Crippen LogP contribution in [0.3, 0.4) is 0 Å². The number of para-hydroxylation sites is 1. The Morgan fingerprint density at radius 3 is 2.78 bits per heavy atom. The highest BCUT2D eigenvalue weighted by Gasteiger charge is 2.14. The summed E-state index contributed by atoms with van der Waals surface area (Å²) < 4.78 is 12.5. The predicted octanol–water partition coefficient (Wildman–Crippen LogP) is 5.98. The second-order valence-electron chi connectivity index (χ2n) is 5.10. The summed E-state index contributed by atoms with van der Waals surface area (Å²) in [5, 5.41) is 2.61. The lowest BCUT2D eigenvalue weighted by molar-refractivity contribution is 0.293. The Labute approximate surface area is 146 Å². The SMILES string of the molecule is Clc1ccc(COc2cccc(Br)n2)c2oc3ccccc3c12. The second-order valence-corrected chi connectivity index (χ2v) is 6.32. The molecule has 0 atom stereocenters. The summed E-state index contributed by atoms with van der Waals surface area (Å²) in [6, 6.07) is 17.2. The van der Waals surface area contributed by atoms with Crippen LogP contribution in [0.1, 0.15) is 5.56 Å². The molecular formula is C18H11BrClNO2. The molecule has 4 rings (SSSR count). The first-order valence-electron chi connectivity index (χ1n) is 7.06. The first kappa shape index (κ1) is 14.5. The van der Waals surface area contributed by atoms with E-state index in [1.54, 1.807) is 0 Å². The molecule has 0 amide bonds. The average Bonchev–Trinajstić information content (AvgIpc) is 2.95. The van der Waals surface area contributed by atoms with Crippen LogP contribution >= 0.6 is 27.5 Å². The molecule has 4 aromatic rings. The van der Waals surface area contributed by atoms with Gasteiger partial charge in [0.05, 0.1) is 5.02 Å². The highest BCUT2D eigenvalue weighted by Crippen LogP contribution is 2.36. The van der Waals surface area contributed by atoms with Crippen LogP contribution in [-0.2, 0) is 6.61 Å². The third kappa shape index (κ3) is 2.69. The first-order chi connectivity index (χ1) is 11.2. The Morgan fingerprint density at radius 2 is 1.91 bits per heavy atom. The van der Waals surface area contributed by atoms with E-state index in [4.69, 9.17) is 20.8 Å². The van der Waals surface area contributed by atoms with E-state index in [0.29, 0.717) is 17.5 Å². The van der Waals surface area contributed by atoms with Crippen molar-refractivity contribution in [3.05, 3.63) is 69.8 Å². The number of hydrogen-bond acceptors (Lipinski definition) is 3. The highest BCUT2D eigenvalue weighted by atomic mass is 79.9. The molecule has 0 radical (unpaired) electrons. The number of benzene rings is 2. The predicted molar refractivity (Wildman–Crippen MR) is 95.0 cm³/mol. The van der Waals surface area contributed by atoms with Gasteiger partial charge in [-0.1, -0.05) is 41.9 Å². The third-order valence-corrected chi connectivity index (χ3v) is 4.38. The molecule has 2 aromatic carbocycles.